The van der Waals surface area contributed by atoms with Crippen LogP contribution in [-0.2, 0) is 16.4 Å². The molecule has 1 aliphatic heterocycles. The van der Waals surface area contributed by atoms with Crippen LogP contribution >= 0.6 is 11.6 Å². The van der Waals surface area contributed by atoms with Crippen molar-refractivity contribution >= 4 is 27.1 Å². The number of hydrogen-bond acceptors (Lipinski definition) is 5. The van der Waals surface area contributed by atoms with Crippen LogP contribution in [0.5, 0.6) is 0 Å². The summed E-state index contributed by atoms with van der Waals surface area (Å²) in [6.07, 6.45) is 2.83. The highest BCUT2D eigenvalue weighted by molar-refractivity contribution is 7.91. The highest BCUT2D eigenvalue weighted by Gasteiger charge is 2.25. The van der Waals surface area contributed by atoms with Crippen molar-refractivity contribution in [1.82, 2.24) is 9.78 Å². The Labute approximate surface area is 116 Å². The predicted octanol–water partition coefficient (Wildman–Crippen LogP) is 0.906. The second-order valence-corrected chi connectivity index (χ2v) is 7.20. The molecule has 2 rings (SSSR count). The second-order valence-electron chi connectivity index (χ2n) is 4.59. The van der Waals surface area contributed by atoms with Crippen LogP contribution in [0.25, 0.3) is 0 Å². The van der Waals surface area contributed by atoms with E-state index >= 15 is 0 Å². The molecule has 1 aromatic rings. The van der Waals surface area contributed by atoms with Crippen molar-refractivity contribution in [2.75, 3.05) is 16.8 Å². The lowest BCUT2D eigenvalue weighted by Crippen LogP contribution is -2.35. The zero-order chi connectivity index (χ0) is 14.0. The van der Waals surface area contributed by atoms with E-state index in [2.05, 4.69) is 10.4 Å². The van der Waals surface area contributed by atoms with Crippen molar-refractivity contribution in [3.63, 3.8) is 0 Å². The minimum Gasteiger partial charge on any atom is -0.379 e. The Kier molecular flexibility index (Phi) is 4.15. The number of sulfone groups is 1. The van der Waals surface area contributed by atoms with Gasteiger partial charge in [-0.3, -0.25) is 4.79 Å². The molecule has 1 aromatic heterocycles. The average Bonchev–Trinajstić information content (AvgIpc) is 2.34. The zero-order valence-electron chi connectivity index (χ0n) is 10.6. The van der Waals surface area contributed by atoms with Gasteiger partial charge in [0.15, 0.2) is 9.84 Å². The highest BCUT2D eigenvalue weighted by atomic mass is 35.5. The molecule has 1 saturated heterocycles. The molecule has 0 spiro atoms. The second kappa shape index (κ2) is 5.50. The molecule has 8 heteroatoms. The van der Waals surface area contributed by atoms with Crippen molar-refractivity contribution in [1.29, 1.82) is 0 Å². The summed E-state index contributed by atoms with van der Waals surface area (Å²) in [7, 11) is -3.00. The molecule has 1 fully saturated rings. The minimum atomic E-state index is -3.00. The van der Waals surface area contributed by atoms with Gasteiger partial charge in [0, 0.05) is 12.6 Å². The topological polar surface area (TPSA) is 81.1 Å². The van der Waals surface area contributed by atoms with Crippen molar-refractivity contribution in [2.24, 2.45) is 0 Å². The normalized spacial score (nSPS) is 22.1. The Morgan fingerprint density at radius 2 is 2.32 bits per heavy atom. The molecule has 6 nitrogen and oxygen atoms in total. The molecule has 0 aromatic carbocycles. The van der Waals surface area contributed by atoms with Gasteiger partial charge < -0.3 is 5.32 Å². The number of halogens is 1. The van der Waals surface area contributed by atoms with E-state index in [0.717, 1.165) is 6.42 Å². The van der Waals surface area contributed by atoms with E-state index in [1.165, 1.54) is 10.9 Å². The largest absolute Gasteiger partial charge is 0.379 e. The van der Waals surface area contributed by atoms with E-state index in [0.29, 0.717) is 18.7 Å². The highest BCUT2D eigenvalue weighted by Crippen LogP contribution is 2.21. The zero-order valence-corrected chi connectivity index (χ0v) is 12.2. The number of nitrogens with zero attached hydrogens (tertiary/aromatic N) is 2. The summed E-state index contributed by atoms with van der Waals surface area (Å²) in [5.41, 5.74) is 0.0336. The molecule has 0 radical (unpaired) electrons. The Bertz CT molecular complexity index is 627. The van der Waals surface area contributed by atoms with E-state index in [-0.39, 0.29) is 28.1 Å². The lowest BCUT2D eigenvalue weighted by atomic mass is 10.2. The standard InChI is InChI=1S/C11H16ClN3O3S/c1-2-15-11(16)10(12)9(6-13-15)14-8-4-3-5-19(17,18)7-8/h6,8,14H,2-5,7H2,1H3. The van der Waals surface area contributed by atoms with E-state index in [1.54, 1.807) is 6.92 Å². The molecule has 0 saturated carbocycles. The number of aryl methyl sites for hydroxylation is 1. The molecule has 19 heavy (non-hydrogen) atoms. The number of nitrogens with one attached hydrogen (secondary N) is 1. The van der Waals surface area contributed by atoms with Crippen LogP contribution < -0.4 is 10.9 Å². The lowest BCUT2D eigenvalue weighted by Gasteiger charge is -2.24. The minimum absolute atomic E-state index is 0.0554. The monoisotopic (exact) mass is 305 g/mol. The van der Waals surface area contributed by atoms with Gasteiger partial charge in [-0.2, -0.15) is 5.10 Å². The van der Waals surface area contributed by atoms with E-state index in [1.807, 2.05) is 0 Å². The van der Waals surface area contributed by atoms with Gasteiger partial charge in [0.2, 0.25) is 0 Å². The Hall–Kier alpha value is -1.08. The third-order valence-electron chi connectivity index (χ3n) is 3.11. The first kappa shape index (κ1) is 14.3. The lowest BCUT2D eigenvalue weighted by molar-refractivity contribution is 0.561. The van der Waals surface area contributed by atoms with E-state index < -0.39 is 9.84 Å². The van der Waals surface area contributed by atoms with Crippen molar-refractivity contribution < 1.29 is 8.42 Å². The maximum atomic E-state index is 11.8. The van der Waals surface area contributed by atoms with Crippen molar-refractivity contribution in [2.45, 2.75) is 32.4 Å². The third kappa shape index (κ3) is 3.27. The van der Waals surface area contributed by atoms with Crippen LogP contribution in [0.3, 0.4) is 0 Å². The Morgan fingerprint density at radius 3 is 2.95 bits per heavy atom. The molecule has 2 heterocycles. The van der Waals surface area contributed by atoms with Gasteiger partial charge in [0.05, 0.1) is 23.4 Å². The number of aromatic nitrogens is 2. The fourth-order valence-corrected chi connectivity index (χ4v) is 3.98. The van der Waals surface area contributed by atoms with Crippen LogP contribution in [0.1, 0.15) is 19.8 Å². The fourth-order valence-electron chi connectivity index (χ4n) is 2.15. The summed E-state index contributed by atoms with van der Waals surface area (Å²) in [5.74, 6) is 0.300. The van der Waals surface area contributed by atoms with Crippen LogP contribution in [0, 0.1) is 0 Å². The third-order valence-corrected chi connectivity index (χ3v) is 5.29. The van der Waals surface area contributed by atoms with E-state index in [9.17, 15) is 13.2 Å². The number of rotatable bonds is 3. The van der Waals surface area contributed by atoms with Crippen LogP contribution in [-0.4, -0.2) is 35.7 Å². The van der Waals surface area contributed by atoms with Gasteiger partial charge in [-0.05, 0) is 19.8 Å². The first-order chi connectivity index (χ1) is 8.93. The van der Waals surface area contributed by atoms with E-state index in [4.69, 9.17) is 11.6 Å². The maximum absolute atomic E-state index is 11.8. The molecule has 1 N–H and O–H groups in total. The molecular weight excluding hydrogens is 290 g/mol. The number of hydrogen-bond donors (Lipinski definition) is 1. The molecule has 1 unspecified atom stereocenters. The first-order valence-corrected chi connectivity index (χ1v) is 8.35. The fraction of sp³-hybridized carbons (Fsp3) is 0.636. The Balaban J connectivity index is 2.20. The molecule has 106 valence electrons. The smallest absolute Gasteiger partial charge is 0.287 e. The molecule has 0 bridgehead atoms. The predicted molar refractivity (Wildman–Crippen MR) is 74.5 cm³/mol. The van der Waals surface area contributed by atoms with Gasteiger partial charge in [-0.25, -0.2) is 13.1 Å². The van der Waals surface area contributed by atoms with Crippen LogP contribution in [0.4, 0.5) is 5.69 Å². The number of anilines is 1. The van der Waals surface area contributed by atoms with Crippen molar-refractivity contribution in [3.8, 4) is 0 Å². The SMILES string of the molecule is CCn1ncc(NC2CCCS(=O)(=O)C2)c(Cl)c1=O. The van der Waals surface area contributed by atoms with Gasteiger partial charge in [0.1, 0.15) is 5.02 Å². The van der Waals surface area contributed by atoms with Crippen LogP contribution in [0.15, 0.2) is 11.0 Å². The molecule has 1 atom stereocenters. The summed E-state index contributed by atoms with van der Waals surface area (Å²) in [6, 6.07) is -0.213. The molecule has 1 aliphatic rings. The summed E-state index contributed by atoms with van der Waals surface area (Å²) in [6.45, 7) is 2.24. The van der Waals surface area contributed by atoms with Gasteiger partial charge >= 0.3 is 0 Å². The quantitative estimate of drug-likeness (QED) is 0.897. The van der Waals surface area contributed by atoms with Gasteiger partial charge in [-0.1, -0.05) is 11.6 Å². The Morgan fingerprint density at radius 1 is 1.58 bits per heavy atom. The summed E-state index contributed by atoms with van der Waals surface area (Å²) >= 11 is 5.98. The summed E-state index contributed by atoms with van der Waals surface area (Å²) in [4.78, 5) is 11.8. The molecule has 0 aliphatic carbocycles. The van der Waals surface area contributed by atoms with Gasteiger partial charge in [-0.15, -0.1) is 0 Å². The maximum Gasteiger partial charge on any atom is 0.287 e. The van der Waals surface area contributed by atoms with Crippen molar-refractivity contribution in [3.05, 3.63) is 21.6 Å². The molecular formula is C11H16ClN3O3S. The summed E-state index contributed by atoms with van der Waals surface area (Å²) < 4.78 is 24.4. The van der Waals surface area contributed by atoms with Gasteiger partial charge in [0.25, 0.3) is 5.56 Å². The average molecular weight is 306 g/mol. The first-order valence-electron chi connectivity index (χ1n) is 6.15. The van der Waals surface area contributed by atoms with Crippen LogP contribution in [0.2, 0.25) is 5.02 Å². The summed E-state index contributed by atoms with van der Waals surface area (Å²) in [5, 5.41) is 7.03. The molecule has 0 amide bonds.